The van der Waals surface area contributed by atoms with Gasteiger partial charge in [0.05, 0.1) is 14.2 Å². The fraction of sp³-hybridized carbons (Fsp3) is 0.417. The molecule has 0 atom stereocenters. The molecule has 0 saturated heterocycles. The summed E-state index contributed by atoms with van der Waals surface area (Å²) < 4.78 is 10.7. The molecule has 3 N–H and O–H groups in total. The Labute approximate surface area is 190 Å². The van der Waals surface area contributed by atoms with Crippen LogP contribution in [-0.2, 0) is 6.42 Å². The molecule has 0 saturated carbocycles. The van der Waals surface area contributed by atoms with Crippen molar-refractivity contribution in [2.24, 2.45) is 0 Å². The van der Waals surface area contributed by atoms with Crippen LogP contribution in [0, 0.1) is 0 Å². The fourth-order valence-electron chi connectivity index (χ4n) is 3.15. The lowest BCUT2D eigenvalue weighted by Crippen LogP contribution is -2.27. The van der Waals surface area contributed by atoms with Gasteiger partial charge in [0.25, 0.3) is 5.91 Å². The van der Waals surface area contributed by atoms with E-state index in [0.717, 1.165) is 43.9 Å². The Morgan fingerprint density at radius 3 is 2.19 bits per heavy atom. The van der Waals surface area contributed by atoms with E-state index in [2.05, 4.69) is 27.9 Å². The third kappa shape index (κ3) is 8.47. The molecule has 8 heteroatoms. The molecule has 2 aromatic carbocycles. The number of likely N-dealkylation sites (N-methyl/N-ethyl adjacent to an activating group) is 1. The molecule has 2 rings (SSSR count). The standard InChI is InChI=1S/C24H34N4O4/c1-25-24(30)27-20-9-7-19(8-10-20)23(29)26-12-5-6-13-28(2)14-11-18-15-21(31-3)17-22(16-18)32-4/h7-10,15-17H,5-6,11-14H2,1-4H3,(H,26,29)(H2,25,27,30). The summed E-state index contributed by atoms with van der Waals surface area (Å²) in [6.07, 6.45) is 2.80. The summed E-state index contributed by atoms with van der Waals surface area (Å²) in [6, 6.07) is 12.4. The van der Waals surface area contributed by atoms with Crippen LogP contribution in [0.4, 0.5) is 10.5 Å². The van der Waals surface area contributed by atoms with Crippen molar-refractivity contribution in [3.8, 4) is 11.5 Å². The number of carbonyl (C=O) groups excluding carboxylic acids is 2. The Kier molecular flexibility index (Phi) is 10.3. The highest BCUT2D eigenvalue weighted by Gasteiger charge is 2.07. The minimum atomic E-state index is -0.296. The zero-order valence-electron chi connectivity index (χ0n) is 19.4. The number of nitrogens with zero attached hydrogens (tertiary/aromatic N) is 1. The second-order valence-corrected chi connectivity index (χ2v) is 7.52. The molecule has 0 spiro atoms. The highest BCUT2D eigenvalue weighted by molar-refractivity contribution is 5.95. The Morgan fingerprint density at radius 1 is 0.938 bits per heavy atom. The fourth-order valence-corrected chi connectivity index (χ4v) is 3.15. The molecule has 8 nitrogen and oxygen atoms in total. The third-order valence-electron chi connectivity index (χ3n) is 5.08. The van der Waals surface area contributed by atoms with E-state index in [-0.39, 0.29) is 11.9 Å². The van der Waals surface area contributed by atoms with Crippen LogP contribution >= 0.6 is 0 Å². The van der Waals surface area contributed by atoms with Crippen LogP contribution in [0.3, 0.4) is 0 Å². The highest BCUT2D eigenvalue weighted by Crippen LogP contribution is 2.22. The van der Waals surface area contributed by atoms with Gasteiger partial charge in [0.15, 0.2) is 0 Å². The van der Waals surface area contributed by atoms with Crippen LogP contribution in [0.25, 0.3) is 0 Å². The lowest BCUT2D eigenvalue weighted by molar-refractivity contribution is 0.0952. The average molecular weight is 443 g/mol. The zero-order chi connectivity index (χ0) is 23.3. The molecule has 0 aromatic heterocycles. The first kappa shape index (κ1) is 25.0. The summed E-state index contributed by atoms with van der Waals surface area (Å²) in [6.45, 7) is 2.51. The zero-order valence-corrected chi connectivity index (χ0v) is 19.4. The van der Waals surface area contributed by atoms with Crippen LogP contribution in [0.2, 0.25) is 0 Å². The molecule has 0 bridgehead atoms. The van der Waals surface area contributed by atoms with Gasteiger partial charge in [-0.1, -0.05) is 0 Å². The number of hydrogen-bond acceptors (Lipinski definition) is 5. The Bertz CT molecular complexity index is 849. The number of carbonyl (C=O) groups is 2. The number of nitrogens with one attached hydrogen (secondary N) is 3. The number of unbranched alkanes of at least 4 members (excludes halogenated alkanes) is 1. The van der Waals surface area contributed by atoms with Gasteiger partial charge in [-0.25, -0.2) is 4.79 Å². The van der Waals surface area contributed by atoms with E-state index in [4.69, 9.17) is 9.47 Å². The van der Waals surface area contributed by atoms with Crippen molar-refractivity contribution in [1.29, 1.82) is 0 Å². The monoisotopic (exact) mass is 442 g/mol. The lowest BCUT2D eigenvalue weighted by Gasteiger charge is -2.17. The molecule has 0 fully saturated rings. The minimum Gasteiger partial charge on any atom is -0.497 e. The van der Waals surface area contributed by atoms with Crippen LogP contribution in [0.15, 0.2) is 42.5 Å². The van der Waals surface area contributed by atoms with E-state index in [1.165, 1.54) is 5.56 Å². The van der Waals surface area contributed by atoms with Crippen molar-refractivity contribution >= 4 is 17.6 Å². The first-order valence-corrected chi connectivity index (χ1v) is 10.7. The quantitative estimate of drug-likeness (QED) is 0.439. The maximum atomic E-state index is 12.3. The van der Waals surface area contributed by atoms with Crippen molar-refractivity contribution in [3.05, 3.63) is 53.6 Å². The summed E-state index contributed by atoms with van der Waals surface area (Å²) in [7, 11) is 6.96. The minimum absolute atomic E-state index is 0.114. The molecule has 0 aliphatic rings. The number of urea groups is 1. The number of benzene rings is 2. The molecular formula is C24H34N4O4. The van der Waals surface area contributed by atoms with E-state index in [1.807, 2.05) is 18.2 Å². The molecule has 0 aliphatic heterocycles. The van der Waals surface area contributed by atoms with Gasteiger partial charge in [-0.05, 0) is 74.8 Å². The van der Waals surface area contributed by atoms with Crippen molar-refractivity contribution in [1.82, 2.24) is 15.5 Å². The number of rotatable bonds is 12. The smallest absolute Gasteiger partial charge is 0.318 e. The van der Waals surface area contributed by atoms with Gasteiger partial charge in [-0.3, -0.25) is 4.79 Å². The maximum Gasteiger partial charge on any atom is 0.318 e. The summed E-state index contributed by atoms with van der Waals surface area (Å²) >= 11 is 0. The molecule has 0 unspecified atom stereocenters. The number of anilines is 1. The summed E-state index contributed by atoms with van der Waals surface area (Å²) in [5.74, 6) is 1.49. The van der Waals surface area contributed by atoms with Gasteiger partial charge in [-0.15, -0.1) is 0 Å². The van der Waals surface area contributed by atoms with Gasteiger partial charge >= 0.3 is 6.03 Å². The molecule has 0 heterocycles. The van der Waals surface area contributed by atoms with Gasteiger partial charge in [0.1, 0.15) is 11.5 Å². The number of methoxy groups -OCH3 is 2. The Hall–Kier alpha value is -3.26. The van der Waals surface area contributed by atoms with E-state index in [0.29, 0.717) is 17.8 Å². The molecule has 3 amide bonds. The van der Waals surface area contributed by atoms with Crippen LogP contribution in [0.1, 0.15) is 28.8 Å². The molecule has 174 valence electrons. The number of ether oxygens (including phenoxy) is 2. The van der Waals surface area contributed by atoms with Crippen molar-refractivity contribution in [2.45, 2.75) is 19.3 Å². The van der Waals surface area contributed by atoms with E-state index < -0.39 is 0 Å². The number of hydrogen-bond donors (Lipinski definition) is 3. The Morgan fingerprint density at radius 2 is 1.59 bits per heavy atom. The maximum absolute atomic E-state index is 12.3. The highest BCUT2D eigenvalue weighted by atomic mass is 16.5. The average Bonchev–Trinajstić information content (AvgIpc) is 2.82. The topological polar surface area (TPSA) is 91.9 Å². The van der Waals surface area contributed by atoms with Gasteiger partial charge < -0.3 is 30.3 Å². The molecule has 0 aliphatic carbocycles. The second-order valence-electron chi connectivity index (χ2n) is 7.52. The van der Waals surface area contributed by atoms with Crippen molar-refractivity contribution < 1.29 is 19.1 Å². The summed E-state index contributed by atoms with van der Waals surface area (Å²) in [5, 5.41) is 8.08. The van der Waals surface area contributed by atoms with Crippen molar-refractivity contribution in [3.63, 3.8) is 0 Å². The van der Waals surface area contributed by atoms with Crippen LogP contribution in [0.5, 0.6) is 11.5 Å². The van der Waals surface area contributed by atoms with E-state index in [1.54, 1.807) is 45.5 Å². The SMILES string of the molecule is CNC(=O)Nc1ccc(C(=O)NCCCCN(C)CCc2cc(OC)cc(OC)c2)cc1. The number of amides is 3. The van der Waals surface area contributed by atoms with E-state index >= 15 is 0 Å². The first-order valence-electron chi connectivity index (χ1n) is 10.7. The third-order valence-corrected chi connectivity index (χ3v) is 5.08. The lowest BCUT2D eigenvalue weighted by atomic mass is 10.1. The van der Waals surface area contributed by atoms with Crippen molar-refractivity contribution in [2.75, 3.05) is 53.3 Å². The largest absolute Gasteiger partial charge is 0.497 e. The van der Waals surface area contributed by atoms with Crippen LogP contribution in [-0.4, -0.2) is 64.8 Å². The second kappa shape index (κ2) is 13.2. The molecular weight excluding hydrogens is 408 g/mol. The predicted molar refractivity (Wildman–Crippen MR) is 127 cm³/mol. The molecule has 0 radical (unpaired) electrons. The summed E-state index contributed by atoms with van der Waals surface area (Å²) in [4.78, 5) is 25.8. The van der Waals surface area contributed by atoms with Gasteiger partial charge in [0, 0.05) is 37.5 Å². The van der Waals surface area contributed by atoms with E-state index in [9.17, 15) is 9.59 Å². The summed E-state index contributed by atoms with van der Waals surface area (Å²) in [5.41, 5.74) is 2.38. The predicted octanol–water partition coefficient (Wildman–Crippen LogP) is 3.14. The molecule has 2 aromatic rings. The van der Waals surface area contributed by atoms with Crippen LogP contribution < -0.4 is 25.4 Å². The first-order chi connectivity index (χ1) is 15.4. The molecule has 32 heavy (non-hydrogen) atoms. The van der Waals surface area contributed by atoms with Gasteiger partial charge in [0.2, 0.25) is 0 Å². The van der Waals surface area contributed by atoms with Gasteiger partial charge in [-0.2, -0.15) is 0 Å². The normalized spacial score (nSPS) is 10.5. The Balaban J connectivity index is 1.65.